The maximum Gasteiger partial charge on any atom is 0.416 e. The smallest absolute Gasteiger partial charge is 0.264 e. The summed E-state index contributed by atoms with van der Waals surface area (Å²) in [6, 6.07) is 11.7. The van der Waals surface area contributed by atoms with E-state index >= 15 is 0 Å². The molecule has 1 aliphatic rings. The van der Waals surface area contributed by atoms with Crippen LogP contribution >= 0.6 is 11.6 Å². The number of nitrogens with zero attached hydrogens (tertiary/aromatic N) is 3. The first kappa shape index (κ1) is 13.0. The number of anilines is 1. The number of aromatic amines is 1. The topological polar surface area (TPSA) is 57.5 Å². The third-order valence-corrected chi connectivity index (χ3v) is 4.00. The van der Waals surface area contributed by atoms with Gasteiger partial charge in [-0.05, 0) is 24.3 Å². The predicted molar refractivity (Wildman–Crippen MR) is 84.2 cm³/mol. The van der Waals surface area contributed by atoms with Crippen LogP contribution in [-0.4, -0.2) is 15.1 Å². The number of hydrogen-bond acceptors (Lipinski definition) is 3. The Labute approximate surface area is 132 Å². The predicted octanol–water partition coefficient (Wildman–Crippen LogP) is 2.80. The minimum Gasteiger partial charge on any atom is -0.264 e. The average Bonchev–Trinajstić information content (AvgIpc) is 3.04. The first-order valence-electron chi connectivity index (χ1n) is 6.91. The summed E-state index contributed by atoms with van der Waals surface area (Å²) in [6.07, 6.45) is 7.35. The van der Waals surface area contributed by atoms with Crippen LogP contribution in [0.1, 0.15) is 17.2 Å². The summed E-state index contributed by atoms with van der Waals surface area (Å²) in [7, 11) is 0. The van der Waals surface area contributed by atoms with Crippen molar-refractivity contribution >= 4 is 23.2 Å². The van der Waals surface area contributed by atoms with Crippen molar-refractivity contribution in [1.82, 2.24) is 15.1 Å². The standard InChI is InChI=1S/C16H12ClN5/c17-13-6-2-1-5-12(13)15-8-14(11-4-3-7-18-9-11)21-16-19-10-20-22(15)16/h1-10,15H,(H,19,20,21)/p+1. The van der Waals surface area contributed by atoms with Gasteiger partial charge in [-0.25, -0.2) is 10.4 Å². The molecule has 6 heteroatoms. The number of allylic oxidation sites excluding steroid dienone is 1. The fourth-order valence-corrected chi connectivity index (χ4v) is 2.86. The van der Waals surface area contributed by atoms with Gasteiger partial charge in [0.2, 0.25) is 0 Å². The van der Waals surface area contributed by atoms with E-state index in [2.05, 4.69) is 26.5 Å². The molecule has 1 atom stereocenters. The second-order valence-corrected chi connectivity index (χ2v) is 5.40. The van der Waals surface area contributed by atoms with E-state index < -0.39 is 0 Å². The number of H-pyrrole nitrogens is 1. The van der Waals surface area contributed by atoms with Gasteiger partial charge in [0, 0.05) is 28.5 Å². The highest BCUT2D eigenvalue weighted by molar-refractivity contribution is 6.31. The van der Waals surface area contributed by atoms with Crippen LogP contribution in [0.4, 0.5) is 5.95 Å². The molecular weight excluding hydrogens is 298 g/mol. The van der Waals surface area contributed by atoms with Crippen LogP contribution in [0.25, 0.3) is 5.70 Å². The summed E-state index contributed by atoms with van der Waals surface area (Å²) < 4.78 is 1.95. The molecule has 0 fully saturated rings. The molecule has 1 aromatic carbocycles. The van der Waals surface area contributed by atoms with E-state index in [0.29, 0.717) is 0 Å². The van der Waals surface area contributed by atoms with E-state index in [-0.39, 0.29) is 6.04 Å². The second-order valence-electron chi connectivity index (χ2n) is 4.99. The first-order chi connectivity index (χ1) is 10.8. The lowest BCUT2D eigenvalue weighted by atomic mass is 10.0. The largest absolute Gasteiger partial charge is 0.416 e. The number of halogens is 1. The molecular formula is C16H13ClN5+. The van der Waals surface area contributed by atoms with Gasteiger partial charge < -0.3 is 0 Å². The molecule has 2 aromatic heterocycles. The van der Waals surface area contributed by atoms with Gasteiger partial charge in [0.1, 0.15) is 5.70 Å². The van der Waals surface area contributed by atoms with Crippen molar-refractivity contribution in [1.29, 1.82) is 0 Å². The molecule has 0 aliphatic carbocycles. The van der Waals surface area contributed by atoms with Crippen molar-refractivity contribution in [2.24, 2.45) is 0 Å². The molecule has 22 heavy (non-hydrogen) atoms. The van der Waals surface area contributed by atoms with E-state index in [0.717, 1.165) is 27.8 Å². The second kappa shape index (κ2) is 5.27. The van der Waals surface area contributed by atoms with E-state index in [1.165, 1.54) is 0 Å². The summed E-state index contributed by atoms with van der Waals surface area (Å²) >= 11 is 6.38. The highest BCUT2D eigenvalue weighted by atomic mass is 35.5. The summed E-state index contributed by atoms with van der Waals surface area (Å²) in [6.45, 7) is 0. The zero-order chi connectivity index (χ0) is 14.9. The number of rotatable bonds is 2. The molecule has 5 nitrogen and oxygen atoms in total. The van der Waals surface area contributed by atoms with Gasteiger partial charge in [0.25, 0.3) is 0 Å². The normalized spacial score (nSPS) is 16.6. The minimum absolute atomic E-state index is 0.0531. The van der Waals surface area contributed by atoms with Crippen LogP contribution in [0.3, 0.4) is 0 Å². The Morgan fingerprint density at radius 2 is 2.05 bits per heavy atom. The number of benzene rings is 1. The lowest BCUT2D eigenvalue weighted by molar-refractivity contribution is -0.744. The quantitative estimate of drug-likeness (QED) is 0.716. The summed E-state index contributed by atoms with van der Waals surface area (Å²) in [4.78, 5) is 8.51. The van der Waals surface area contributed by atoms with Crippen molar-refractivity contribution in [2.75, 3.05) is 5.32 Å². The van der Waals surface area contributed by atoms with Gasteiger partial charge in [-0.3, -0.25) is 4.98 Å². The van der Waals surface area contributed by atoms with Gasteiger partial charge >= 0.3 is 5.95 Å². The van der Waals surface area contributed by atoms with Crippen molar-refractivity contribution in [3.8, 4) is 0 Å². The molecule has 0 saturated carbocycles. The molecule has 2 N–H and O–H groups in total. The van der Waals surface area contributed by atoms with Gasteiger partial charge in [-0.1, -0.05) is 34.8 Å². The number of aromatic nitrogens is 4. The van der Waals surface area contributed by atoms with E-state index in [1.807, 2.05) is 47.3 Å². The van der Waals surface area contributed by atoms with E-state index in [1.54, 1.807) is 12.5 Å². The van der Waals surface area contributed by atoms with Gasteiger partial charge in [-0.15, -0.1) is 4.68 Å². The van der Waals surface area contributed by atoms with Gasteiger partial charge in [-0.2, -0.15) is 0 Å². The van der Waals surface area contributed by atoms with Gasteiger partial charge in [0.05, 0.1) is 0 Å². The molecule has 108 valence electrons. The zero-order valence-corrected chi connectivity index (χ0v) is 12.3. The van der Waals surface area contributed by atoms with Crippen molar-refractivity contribution in [2.45, 2.75) is 6.04 Å². The van der Waals surface area contributed by atoms with Crippen LogP contribution < -0.4 is 10.00 Å². The SMILES string of the molecule is Clc1ccccc1C1C=C(c2cccnc2)Nc2nc[nH][n+]21. The minimum atomic E-state index is -0.0531. The maximum atomic E-state index is 6.38. The highest BCUT2D eigenvalue weighted by Gasteiger charge is 2.30. The molecule has 0 saturated heterocycles. The average molecular weight is 311 g/mol. The summed E-state index contributed by atoms with van der Waals surface area (Å²) in [5, 5.41) is 7.17. The van der Waals surface area contributed by atoms with Crippen molar-refractivity contribution < 1.29 is 4.68 Å². The fraction of sp³-hybridized carbons (Fsp3) is 0.0625. The highest BCUT2D eigenvalue weighted by Crippen LogP contribution is 2.29. The van der Waals surface area contributed by atoms with Crippen LogP contribution in [0.15, 0.2) is 61.2 Å². The molecule has 1 unspecified atom stereocenters. The van der Waals surface area contributed by atoms with E-state index in [4.69, 9.17) is 11.6 Å². The molecule has 0 amide bonds. The Balaban J connectivity index is 1.86. The molecule has 3 heterocycles. The number of hydrogen-bond donors (Lipinski definition) is 2. The number of fused-ring (bicyclic) bond motifs is 1. The molecule has 0 bridgehead atoms. The Kier molecular flexibility index (Phi) is 3.12. The lowest BCUT2D eigenvalue weighted by Gasteiger charge is -2.19. The Bertz CT molecular complexity index is 841. The molecule has 0 spiro atoms. The monoisotopic (exact) mass is 310 g/mol. The molecule has 4 rings (SSSR count). The fourth-order valence-electron chi connectivity index (χ4n) is 2.61. The van der Waals surface area contributed by atoms with Crippen molar-refractivity contribution in [3.63, 3.8) is 0 Å². The molecule has 1 aliphatic heterocycles. The van der Waals surface area contributed by atoms with Gasteiger partial charge in [0.15, 0.2) is 12.4 Å². The summed E-state index contributed by atoms with van der Waals surface area (Å²) in [5.74, 6) is 0.742. The Hall–Kier alpha value is -2.66. The number of pyridine rings is 1. The van der Waals surface area contributed by atoms with Crippen LogP contribution in [-0.2, 0) is 0 Å². The molecule has 0 radical (unpaired) electrons. The van der Waals surface area contributed by atoms with Crippen molar-refractivity contribution in [3.05, 3.63) is 77.3 Å². The Morgan fingerprint density at radius 1 is 1.14 bits per heavy atom. The van der Waals surface area contributed by atoms with Crippen LogP contribution in [0, 0.1) is 0 Å². The third kappa shape index (κ3) is 2.16. The maximum absolute atomic E-state index is 6.38. The number of nitrogens with one attached hydrogen (secondary N) is 2. The Morgan fingerprint density at radius 3 is 2.86 bits per heavy atom. The third-order valence-electron chi connectivity index (χ3n) is 3.66. The molecule has 3 aromatic rings. The first-order valence-corrected chi connectivity index (χ1v) is 7.29. The zero-order valence-electron chi connectivity index (χ0n) is 11.6. The lowest BCUT2D eigenvalue weighted by Crippen LogP contribution is -2.45. The summed E-state index contributed by atoms with van der Waals surface area (Å²) in [5.41, 5.74) is 2.99. The van der Waals surface area contributed by atoms with E-state index in [9.17, 15) is 0 Å². The van der Waals surface area contributed by atoms with Crippen LogP contribution in [0.2, 0.25) is 5.02 Å². The van der Waals surface area contributed by atoms with Crippen LogP contribution in [0.5, 0.6) is 0 Å².